The van der Waals surface area contributed by atoms with Crippen molar-refractivity contribution in [2.45, 2.75) is 19.9 Å². The van der Waals surface area contributed by atoms with Crippen LogP contribution in [0.3, 0.4) is 0 Å². The Morgan fingerprint density at radius 3 is 2.78 bits per heavy atom. The summed E-state index contributed by atoms with van der Waals surface area (Å²) >= 11 is 5.00. The van der Waals surface area contributed by atoms with Crippen molar-refractivity contribution in [3.8, 4) is 11.5 Å². The Bertz CT molecular complexity index is 952. The highest BCUT2D eigenvalue weighted by Gasteiger charge is 2.19. The van der Waals surface area contributed by atoms with E-state index in [4.69, 9.17) is 0 Å². The molecule has 4 aromatic rings. The van der Waals surface area contributed by atoms with Crippen LogP contribution in [0.25, 0.3) is 16.5 Å². The van der Waals surface area contributed by atoms with Crippen LogP contribution >= 0.6 is 27.3 Å². The van der Waals surface area contributed by atoms with Crippen molar-refractivity contribution in [2.75, 3.05) is 0 Å². The number of hydrogen-bond acceptors (Lipinski definition) is 6. The molecule has 0 bridgehead atoms. The molecule has 7 nitrogen and oxygen atoms in total. The van der Waals surface area contributed by atoms with Crippen molar-refractivity contribution in [3.63, 3.8) is 0 Å². The minimum atomic E-state index is 0.0169. The summed E-state index contributed by atoms with van der Waals surface area (Å²) in [6, 6.07) is 5.70. The summed E-state index contributed by atoms with van der Waals surface area (Å²) < 4.78 is 4.62. The summed E-state index contributed by atoms with van der Waals surface area (Å²) in [6.07, 6.45) is 3.69. The fourth-order valence-corrected chi connectivity index (χ4v) is 3.40. The molecule has 0 radical (unpaired) electrons. The summed E-state index contributed by atoms with van der Waals surface area (Å²) in [7, 11) is 0. The second-order valence-corrected chi connectivity index (χ2v) is 6.93. The molecule has 4 rings (SSSR count). The van der Waals surface area contributed by atoms with Crippen LogP contribution in [0.2, 0.25) is 0 Å². The van der Waals surface area contributed by atoms with Gasteiger partial charge in [0.25, 0.3) is 0 Å². The highest BCUT2D eigenvalue weighted by atomic mass is 79.9. The molecule has 0 saturated carbocycles. The van der Waals surface area contributed by atoms with E-state index in [0.29, 0.717) is 5.82 Å². The minimum Gasteiger partial charge on any atom is -0.262 e. The van der Waals surface area contributed by atoms with Crippen LogP contribution in [-0.2, 0) is 0 Å². The molecule has 0 fully saturated rings. The van der Waals surface area contributed by atoms with Crippen molar-refractivity contribution in [3.05, 3.63) is 45.8 Å². The summed E-state index contributed by atoms with van der Waals surface area (Å²) in [6.45, 7) is 4.02. The van der Waals surface area contributed by atoms with Crippen LogP contribution in [0, 0.1) is 6.92 Å². The lowest BCUT2D eigenvalue weighted by molar-refractivity contribution is 0.551. The minimum absolute atomic E-state index is 0.0169. The van der Waals surface area contributed by atoms with Gasteiger partial charge in [-0.05, 0) is 41.9 Å². The highest BCUT2D eigenvalue weighted by molar-refractivity contribution is 9.10. The number of fused-ring (bicyclic) bond motifs is 1. The van der Waals surface area contributed by atoms with Gasteiger partial charge >= 0.3 is 0 Å². The fraction of sp³-hybridized carbons (Fsp3) is 0.214. The smallest absolute Gasteiger partial charge is 0.235 e. The van der Waals surface area contributed by atoms with Gasteiger partial charge in [0, 0.05) is 12.4 Å². The summed E-state index contributed by atoms with van der Waals surface area (Å²) in [5, 5.41) is 18.5. The first kappa shape index (κ1) is 14.5. The van der Waals surface area contributed by atoms with E-state index < -0.39 is 0 Å². The molecule has 0 amide bonds. The molecule has 4 aromatic heterocycles. The van der Waals surface area contributed by atoms with Gasteiger partial charge in [-0.25, -0.2) is 0 Å². The molecular weight excluding hydrogens is 378 g/mol. The SMILES string of the molecule is Cc1nn([C@H](C)c2nn3c(-c4ccccn4)nnc3s2)cc1Br. The topological polar surface area (TPSA) is 73.8 Å². The van der Waals surface area contributed by atoms with E-state index in [1.54, 1.807) is 10.7 Å². The van der Waals surface area contributed by atoms with E-state index in [9.17, 15) is 0 Å². The van der Waals surface area contributed by atoms with Gasteiger partial charge in [0.05, 0.1) is 10.2 Å². The second kappa shape index (κ2) is 5.50. The van der Waals surface area contributed by atoms with Crippen LogP contribution in [-0.4, -0.2) is 34.6 Å². The van der Waals surface area contributed by atoms with Crippen molar-refractivity contribution < 1.29 is 0 Å². The van der Waals surface area contributed by atoms with Gasteiger partial charge in [-0.2, -0.15) is 14.7 Å². The highest BCUT2D eigenvalue weighted by Crippen LogP contribution is 2.27. The van der Waals surface area contributed by atoms with Crippen LogP contribution < -0.4 is 0 Å². The van der Waals surface area contributed by atoms with E-state index in [1.807, 2.05) is 36.0 Å². The maximum atomic E-state index is 4.66. The average molecular weight is 390 g/mol. The zero-order valence-corrected chi connectivity index (χ0v) is 14.8. The number of rotatable bonds is 3. The predicted molar refractivity (Wildman–Crippen MR) is 90.4 cm³/mol. The standard InChI is InChI=1S/C14H12BrN7S/c1-8-10(15)7-21(19-8)9(2)13-20-22-12(17-18-14(22)23-13)11-5-3-4-6-16-11/h3-7,9H,1-2H3/t9-/m1/s1. The zero-order chi connectivity index (χ0) is 16.0. The normalized spacial score (nSPS) is 12.8. The van der Waals surface area contributed by atoms with Crippen molar-refractivity contribution >= 4 is 32.2 Å². The Labute approximate surface area is 144 Å². The third-order valence-corrected chi connectivity index (χ3v) is 5.36. The molecule has 0 aliphatic rings. The van der Waals surface area contributed by atoms with Gasteiger partial charge in [-0.3, -0.25) is 9.67 Å². The molecule has 9 heteroatoms. The largest absolute Gasteiger partial charge is 0.262 e. The molecule has 0 saturated heterocycles. The lowest BCUT2D eigenvalue weighted by Gasteiger charge is -2.07. The first-order valence-corrected chi connectivity index (χ1v) is 8.59. The van der Waals surface area contributed by atoms with Crippen LogP contribution in [0.15, 0.2) is 35.1 Å². The van der Waals surface area contributed by atoms with Gasteiger partial charge in [-0.15, -0.1) is 10.2 Å². The summed E-state index contributed by atoms with van der Waals surface area (Å²) in [5.41, 5.74) is 1.70. The second-order valence-electron chi connectivity index (χ2n) is 5.09. The number of aryl methyl sites for hydroxylation is 1. The van der Waals surface area contributed by atoms with Crippen molar-refractivity contribution in [2.24, 2.45) is 0 Å². The average Bonchev–Trinajstić information content (AvgIpc) is 3.22. The monoisotopic (exact) mass is 389 g/mol. The molecule has 0 aliphatic heterocycles. The number of nitrogens with zero attached hydrogens (tertiary/aromatic N) is 7. The van der Waals surface area contributed by atoms with E-state index in [0.717, 1.165) is 25.8 Å². The lowest BCUT2D eigenvalue weighted by Crippen LogP contribution is -2.08. The molecule has 0 N–H and O–H groups in total. The first-order chi connectivity index (χ1) is 11.1. The van der Waals surface area contributed by atoms with E-state index >= 15 is 0 Å². The van der Waals surface area contributed by atoms with E-state index in [1.165, 1.54) is 11.3 Å². The molecule has 23 heavy (non-hydrogen) atoms. The predicted octanol–water partition coefficient (Wildman–Crippen LogP) is 3.12. The van der Waals surface area contributed by atoms with Gasteiger partial charge in [0.15, 0.2) is 0 Å². The Hall–Kier alpha value is -2.13. The van der Waals surface area contributed by atoms with Gasteiger partial charge in [0.2, 0.25) is 10.8 Å². The zero-order valence-electron chi connectivity index (χ0n) is 12.4. The molecule has 116 valence electrons. The third kappa shape index (κ3) is 2.45. The Balaban J connectivity index is 1.76. The quantitative estimate of drug-likeness (QED) is 0.538. The van der Waals surface area contributed by atoms with Crippen LogP contribution in [0.5, 0.6) is 0 Å². The van der Waals surface area contributed by atoms with Crippen molar-refractivity contribution in [1.82, 2.24) is 34.6 Å². The Morgan fingerprint density at radius 1 is 1.22 bits per heavy atom. The number of pyridine rings is 1. The molecule has 0 spiro atoms. The number of halogens is 1. The molecule has 4 heterocycles. The van der Waals surface area contributed by atoms with Gasteiger partial charge in [0.1, 0.15) is 16.7 Å². The van der Waals surface area contributed by atoms with Gasteiger partial charge in [-0.1, -0.05) is 17.4 Å². The summed E-state index contributed by atoms with van der Waals surface area (Å²) in [5.74, 6) is 0.646. The Morgan fingerprint density at radius 2 is 2.09 bits per heavy atom. The third-order valence-electron chi connectivity index (χ3n) is 3.51. The first-order valence-electron chi connectivity index (χ1n) is 6.98. The Kier molecular flexibility index (Phi) is 3.46. The molecular formula is C14H12BrN7S. The molecule has 0 aromatic carbocycles. The summed E-state index contributed by atoms with van der Waals surface area (Å²) in [4.78, 5) is 5.06. The van der Waals surface area contributed by atoms with E-state index in [2.05, 4.69) is 48.2 Å². The maximum Gasteiger partial charge on any atom is 0.235 e. The molecule has 1 atom stereocenters. The maximum absolute atomic E-state index is 4.66. The molecule has 0 unspecified atom stereocenters. The van der Waals surface area contributed by atoms with Gasteiger partial charge < -0.3 is 0 Å². The number of hydrogen-bond donors (Lipinski definition) is 0. The van der Waals surface area contributed by atoms with Crippen LogP contribution in [0.1, 0.15) is 23.7 Å². The molecule has 0 aliphatic carbocycles. The lowest BCUT2D eigenvalue weighted by atomic mass is 10.3. The number of aromatic nitrogens is 7. The van der Waals surface area contributed by atoms with Crippen LogP contribution in [0.4, 0.5) is 0 Å². The van der Waals surface area contributed by atoms with Crippen molar-refractivity contribution in [1.29, 1.82) is 0 Å². The fourth-order valence-electron chi connectivity index (χ4n) is 2.23. The van der Waals surface area contributed by atoms with E-state index in [-0.39, 0.29) is 6.04 Å².